The summed E-state index contributed by atoms with van der Waals surface area (Å²) in [5, 5.41) is 17.3. The fourth-order valence-corrected chi connectivity index (χ4v) is 1.12. The molecular weight excluding hydrogens is 163 g/mol. The first-order valence-corrected chi connectivity index (χ1v) is 4.30. The van der Waals surface area contributed by atoms with Gasteiger partial charge in [-0.25, -0.2) is 0 Å². The van der Waals surface area contributed by atoms with Gasteiger partial charge in [0.2, 0.25) is 0 Å². The van der Waals surface area contributed by atoms with Crippen molar-refractivity contribution in [2.24, 2.45) is 0 Å². The molecule has 0 unspecified atom stereocenters. The second kappa shape index (κ2) is 4.85. The van der Waals surface area contributed by atoms with Crippen LogP contribution >= 0.6 is 0 Å². The molecule has 0 aliphatic rings. The van der Waals surface area contributed by atoms with Crippen molar-refractivity contribution in [1.29, 1.82) is 0 Å². The largest absolute Gasteiger partial charge is 0.451 e. The highest BCUT2D eigenvalue weighted by Crippen LogP contribution is 2.08. The molecule has 1 rings (SSSR count). The Hall–Kier alpha value is -1.06. The van der Waals surface area contributed by atoms with Crippen molar-refractivity contribution in [2.45, 2.75) is 12.7 Å². The predicted octanol–water partition coefficient (Wildman–Crippen LogP) is 1.34. The Labute approximate surface area is 78.7 Å². The van der Waals surface area contributed by atoms with Crippen LogP contribution in [0.3, 0.4) is 0 Å². The van der Waals surface area contributed by atoms with Crippen LogP contribution in [0.15, 0.2) is 30.8 Å². The van der Waals surface area contributed by atoms with E-state index >= 15 is 0 Å². The van der Waals surface area contributed by atoms with Gasteiger partial charge in [0.1, 0.15) is 0 Å². The van der Waals surface area contributed by atoms with Crippen LogP contribution in [-0.2, 0) is 6.42 Å². The van der Waals surface area contributed by atoms with Crippen molar-refractivity contribution in [3.05, 3.63) is 42.0 Å². The number of benzene rings is 1. The summed E-state index contributed by atoms with van der Waals surface area (Å²) in [7, 11) is -1.21. The molecule has 0 saturated carbocycles. The molecule has 0 bridgehead atoms. The molecule has 0 saturated heterocycles. The highest BCUT2D eigenvalue weighted by atomic mass is 16.4. The van der Waals surface area contributed by atoms with Crippen LogP contribution in [0, 0.1) is 0 Å². The van der Waals surface area contributed by atoms with Crippen LogP contribution in [0.2, 0.25) is 6.32 Å². The monoisotopic (exact) mass is 176 g/mol. The summed E-state index contributed by atoms with van der Waals surface area (Å²) in [6.45, 7) is 3.65. The number of hydrogen-bond acceptors (Lipinski definition) is 2. The van der Waals surface area contributed by atoms with Gasteiger partial charge in [-0.1, -0.05) is 36.9 Å². The molecule has 1 aromatic rings. The minimum Gasteiger partial charge on any atom is -0.427 e. The summed E-state index contributed by atoms with van der Waals surface area (Å²) >= 11 is 0. The first-order valence-electron chi connectivity index (χ1n) is 4.30. The Balaban J connectivity index is 2.54. The zero-order valence-corrected chi connectivity index (χ0v) is 7.48. The highest BCUT2D eigenvalue weighted by molar-refractivity contribution is 6.40. The normalized spacial score (nSPS) is 9.69. The van der Waals surface area contributed by atoms with E-state index in [0.29, 0.717) is 12.7 Å². The molecule has 2 nitrogen and oxygen atoms in total. The third-order valence-electron chi connectivity index (χ3n) is 1.91. The fourth-order valence-electron chi connectivity index (χ4n) is 1.12. The van der Waals surface area contributed by atoms with Crippen molar-refractivity contribution in [2.75, 3.05) is 0 Å². The van der Waals surface area contributed by atoms with E-state index in [1.807, 2.05) is 24.3 Å². The van der Waals surface area contributed by atoms with Crippen molar-refractivity contribution < 1.29 is 10.0 Å². The lowest BCUT2D eigenvalue weighted by Crippen LogP contribution is -2.10. The van der Waals surface area contributed by atoms with E-state index < -0.39 is 7.12 Å². The zero-order chi connectivity index (χ0) is 9.68. The Morgan fingerprint density at radius 2 is 1.85 bits per heavy atom. The van der Waals surface area contributed by atoms with Crippen LogP contribution in [0.1, 0.15) is 11.1 Å². The van der Waals surface area contributed by atoms with Crippen molar-refractivity contribution in [3.8, 4) is 0 Å². The standard InChI is InChI=1S/C10H13BO2/c1-2-9-3-5-10(6-4-9)7-8-11(12)13/h2-6,12-13H,1,7-8H2. The lowest BCUT2D eigenvalue weighted by atomic mass is 9.83. The maximum atomic E-state index is 8.65. The lowest BCUT2D eigenvalue weighted by molar-refractivity contribution is 0.405. The molecule has 0 atom stereocenters. The maximum absolute atomic E-state index is 8.65. The molecule has 0 aliphatic heterocycles. The molecule has 0 amide bonds. The second-order valence-electron chi connectivity index (χ2n) is 2.96. The third kappa shape index (κ3) is 3.44. The average molecular weight is 176 g/mol. The summed E-state index contributed by atoms with van der Waals surface area (Å²) in [5.41, 5.74) is 2.19. The molecule has 0 aliphatic carbocycles. The van der Waals surface area contributed by atoms with Gasteiger partial charge >= 0.3 is 7.12 Å². The van der Waals surface area contributed by atoms with E-state index in [1.165, 1.54) is 0 Å². The summed E-state index contributed by atoms with van der Waals surface area (Å²) in [5.74, 6) is 0. The zero-order valence-electron chi connectivity index (χ0n) is 7.48. The van der Waals surface area contributed by atoms with Crippen molar-refractivity contribution in [1.82, 2.24) is 0 Å². The molecule has 13 heavy (non-hydrogen) atoms. The summed E-state index contributed by atoms with van der Waals surface area (Å²) in [6.07, 6.45) is 2.85. The van der Waals surface area contributed by atoms with Crippen LogP contribution < -0.4 is 0 Å². The lowest BCUT2D eigenvalue weighted by Gasteiger charge is -2.00. The van der Waals surface area contributed by atoms with Gasteiger partial charge in [-0.15, -0.1) is 0 Å². The third-order valence-corrected chi connectivity index (χ3v) is 1.91. The Morgan fingerprint density at radius 1 is 1.23 bits per heavy atom. The van der Waals surface area contributed by atoms with E-state index in [1.54, 1.807) is 6.08 Å². The van der Waals surface area contributed by atoms with Gasteiger partial charge < -0.3 is 10.0 Å². The molecule has 0 heterocycles. The molecule has 0 spiro atoms. The van der Waals surface area contributed by atoms with Gasteiger partial charge in [-0.3, -0.25) is 0 Å². The number of aryl methyl sites for hydroxylation is 1. The molecule has 0 aromatic heterocycles. The number of hydrogen-bond donors (Lipinski definition) is 2. The smallest absolute Gasteiger partial charge is 0.427 e. The molecular formula is C10H13BO2. The first kappa shape index (κ1) is 10.0. The Bertz CT molecular complexity index is 267. The van der Waals surface area contributed by atoms with Gasteiger partial charge in [0.25, 0.3) is 0 Å². The van der Waals surface area contributed by atoms with Crippen molar-refractivity contribution >= 4 is 13.2 Å². The minimum absolute atomic E-state index is 0.382. The molecule has 68 valence electrons. The van der Waals surface area contributed by atoms with Crippen LogP contribution in [0.5, 0.6) is 0 Å². The Morgan fingerprint density at radius 3 is 2.31 bits per heavy atom. The van der Waals surface area contributed by atoms with E-state index in [2.05, 4.69) is 6.58 Å². The summed E-state index contributed by atoms with van der Waals surface area (Å²) < 4.78 is 0. The maximum Gasteiger partial charge on any atom is 0.451 e. The van der Waals surface area contributed by atoms with E-state index in [-0.39, 0.29) is 0 Å². The van der Waals surface area contributed by atoms with Crippen LogP contribution in [0.4, 0.5) is 0 Å². The minimum atomic E-state index is -1.21. The van der Waals surface area contributed by atoms with E-state index in [9.17, 15) is 0 Å². The molecule has 3 heteroatoms. The molecule has 0 fully saturated rings. The molecule has 2 N–H and O–H groups in total. The second-order valence-corrected chi connectivity index (χ2v) is 2.96. The quantitative estimate of drug-likeness (QED) is 0.679. The van der Waals surface area contributed by atoms with E-state index in [0.717, 1.165) is 11.1 Å². The van der Waals surface area contributed by atoms with E-state index in [4.69, 9.17) is 10.0 Å². The first-order chi connectivity index (χ1) is 6.22. The van der Waals surface area contributed by atoms with Gasteiger partial charge in [0, 0.05) is 0 Å². The Kier molecular flexibility index (Phi) is 3.74. The fraction of sp³-hybridized carbons (Fsp3) is 0.200. The van der Waals surface area contributed by atoms with Gasteiger partial charge in [-0.05, 0) is 23.9 Å². The summed E-state index contributed by atoms with van der Waals surface area (Å²) in [4.78, 5) is 0. The highest BCUT2D eigenvalue weighted by Gasteiger charge is 2.05. The van der Waals surface area contributed by atoms with Gasteiger partial charge in [0.05, 0.1) is 0 Å². The molecule has 1 aromatic carbocycles. The topological polar surface area (TPSA) is 40.5 Å². The average Bonchev–Trinajstić information content (AvgIpc) is 2.15. The van der Waals surface area contributed by atoms with Gasteiger partial charge in [-0.2, -0.15) is 0 Å². The predicted molar refractivity (Wildman–Crippen MR) is 55.2 cm³/mol. The molecule has 0 radical (unpaired) electrons. The van der Waals surface area contributed by atoms with Crippen LogP contribution in [-0.4, -0.2) is 17.2 Å². The van der Waals surface area contributed by atoms with Crippen LogP contribution in [0.25, 0.3) is 6.08 Å². The SMILES string of the molecule is C=Cc1ccc(CCB(O)O)cc1. The summed E-state index contributed by atoms with van der Waals surface area (Å²) in [6, 6.07) is 7.87. The van der Waals surface area contributed by atoms with Gasteiger partial charge in [0.15, 0.2) is 0 Å². The number of rotatable bonds is 4. The van der Waals surface area contributed by atoms with Crippen molar-refractivity contribution in [3.63, 3.8) is 0 Å².